The largest absolute Gasteiger partial charge is 0.480 e. The molecule has 1 atom stereocenters. The number of hydrogen-bond donors (Lipinski definition) is 1. The first kappa shape index (κ1) is 14.0. The normalized spacial score (nSPS) is 14.8. The van der Waals surface area contributed by atoms with Gasteiger partial charge in [-0.25, -0.2) is 4.79 Å². The predicted octanol–water partition coefficient (Wildman–Crippen LogP) is 1.98. The SMILES string of the molecule is O=C(O)[C@@H](Cc1ccccc1)N1C(=O)c2ccccc2C1=O. The molecule has 1 aliphatic rings. The van der Waals surface area contributed by atoms with E-state index in [9.17, 15) is 19.5 Å². The maximum atomic E-state index is 12.4. The van der Waals surface area contributed by atoms with Crippen molar-refractivity contribution in [2.24, 2.45) is 0 Å². The smallest absolute Gasteiger partial charge is 0.327 e. The molecular formula is C17H13NO4. The first-order chi connectivity index (χ1) is 10.6. The van der Waals surface area contributed by atoms with Gasteiger partial charge in [0, 0.05) is 6.42 Å². The van der Waals surface area contributed by atoms with Gasteiger partial charge in [0.2, 0.25) is 0 Å². The summed E-state index contributed by atoms with van der Waals surface area (Å²) in [6.45, 7) is 0. The summed E-state index contributed by atoms with van der Waals surface area (Å²) in [4.78, 5) is 37.2. The maximum absolute atomic E-state index is 12.4. The first-order valence-corrected chi connectivity index (χ1v) is 6.83. The number of fused-ring (bicyclic) bond motifs is 1. The van der Waals surface area contributed by atoms with Crippen LogP contribution in [-0.2, 0) is 11.2 Å². The Labute approximate surface area is 126 Å². The molecule has 0 fully saturated rings. The molecule has 0 spiro atoms. The van der Waals surface area contributed by atoms with Crippen molar-refractivity contribution in [2.75, 3.05) is 0 Å². The Balaban J connectivity index is 1.95. The molecule has 2 aromatic carbocycles. The minimum atomic E-state index is -1.21. The van der Waals surface area contributed by atoms with Crippen LogP contribution in [0.1, 0.15) is 26.3 Å². The van der Waals surface area contributed by atoms with E-state index in [1.54, 1.807) is 36.4 Å². The van der Waals surface area contributed by atoms with Crippen LogP contribution >= 0.6 is 0 Å². The Morgan fingerprint density at radius 3 is 1.91 bits per heavy atom. The summed E-state index contributed by atoms with van der Waals surface area (Å²) in [5.41, 5.74) is 1.27. The fourth-order valence-corrected chi connectivity index (χ4v) is 2.62. The summed E-state index contributed by atoms with van der Waals surface area (Å²) >= 11 is 0. The lowest BCUT2D eigenvalue weighted by atomic mass is 10.0. The third kappa shape index (κ3) is 2.26. The molecule has 22 heavy (non-hydrogen) atoms. The van der Waals surface area contributed by atoms with Gasteiger partial charge in [0.15, 0.2) is 0 Å². The van der Waals surface area contributed by atoms with Crippen molar-refractivity contribution < 1.29 is 19.5 Å². The molecule has 1 heterocycles. The van der Waals surface area contributed by atoms with E-state index in [0.29, 0.717) is 0 Å². The number of rotatable bonds is 4. The summed E-state index contributed by atoms with van der Waals surface area (Å²) in [5.74, 6) is -2.30. The summed E-state index contributed by atoms with van der Waals surface area (Å²) in [6.07, 6.45) is 0.0850. The molecule has 5 heteroatoms. The third-order valence-corrected chi connectivity index (χ3v) is 3.69. The number of nitrogens with zero attached hydrogens (tertiary/aromatic N) is 1. The number of imide groups is 1. The van der Waals surface area contributed by atoms with Gasteiger partial charge in [0.05, 0.1) is 11.1 Å². The highest BCUT2D eigenvalue weighted by Crippen LogP contribution is 2.25. The van der Waals surface area contributed by atoms with E-state index in [2.05, 4.69) is 0 Å². The average molecular weight is 295 g/mol. The Bertz CT molecular complexity index is 719. The number of carboxylic acids is 1. The molecular weight excluding hydrogens is 282 g/mol. The van der Waals surface area contributed by atoms with Gasteiger partial charge in [0.1, 0.15) is 6.04 Å². The minimum absolute atomic E-state index is 0.0850. The van der Waals surface area contributed by atoms with Gasteiger partial charge in [-0.2, -0.15) is 0 Å². The Hall–Kier alpha value is -2.95. The first-order valence-electron chi connectivity index (χ1n) is 6.83. The average Bonchev–Trinajstić information content (AvgIpc) is 2.78. The van der Waals surface area contributed by atoms with Crippen LogP contribution in [0.5, 0.6) is 0 Å². The molecule has 5 nitrogen and oxygen atoms in total. The van der Waals surface area contributed by atoms with E-state index >= 15 is 0 Å². The van der Waals surface area contributed by atoms with Crippen molar-refractivity contribution in [1.29, 1.82) is 0 Å². The molecule has 0 aliphatic carbocycles. The van der Waals surface area contributed by atoms with Crippen molar-refractivity contribution in [3.05, 3.63) is 71.3 Å². The van der Waals surface area contributed by atoms with Crippen LogP contribution in [0.15, 0.2) is 54.6 Å². The van der Waals surface area contributed by atoms with Gasteiger partial charge in [-0.1, -0.05) is 42.5 Å². The molecule has 1 N–H and O–H groups in total. The quantitative estimate of drug-likeness (QED) is 0.875. The summed E-state index contributed by atoms with van der Waals surface area (Å²) in [6, 6.07) is 14.1. The number of amides is 2. The summed E-state index contributed by atoms with van der Waals surface area (Å²) in [5, 5.41) is 9.46. The zero-order chi connectivity index (χ0) is 15.7. The molecule has 0 saturated heterocycles. The second kappa shape index (κ2) is 5.44. The van der Waals surface area contributed by atoms with E-state index in [1.165, 1.54) is 12.1 Å². The molecule has 0 radical (unpaired) electrons. The summed E-state index contributed by atoms with van der Waals surface area (Å²) in [7, 11) is 0. The fraction of sp³-hybridized carbons (Fsp3) is 0.118. The number of aliphatic carboxylic acids is 1. The van der Waals surface area contributed by atoms with Gasteiger partial charge in [0.25, 0.3) is 11.8 Å². The molecule has 0 aromatic heterocycles. The van der Waals surface area contributed by atoms with Crippen molar-refractivity contribution in [3.8, 4) is 0 Å². The van der Waals surface area contributed by atoms with Crippen LogP contribution < -0.4 is 0 Å². The van der Waals surface area contributed by atoms with Crippen LogP contribution in [0.4, 0.5) is 0 Å². The number of carboxylic acid groups (broad SMARTS) is 1. The lowest BCUT2D eigenvalue weighted by Crippen LogP contribution is -2.46. The lowest BCUT2D eigenvalue weighted by molar-refractivity contribution is -0.141. The van der Waals surface area contributed by atoms with E-state index in [1.807, 2.05) is 6.07 Å². The van der Waals surface area contributed by atoms with E-state index < -0.39 is 23.8 Å². The van der Waals surface area contributed by atoms with Crippen molar-refractivity contribution >= 4 is 17.8 Å². The van der Waals surface area contributed by atoms with Crippen molar-refractivity contribution in [3.63, 3.8) is 0 Å². The number of benzene rings is 2. The zero-order valence-corrected chi connectivity index (χ0v) is 11.6. The zero-order valence-electron chi connectivity index (χ0n) is 11.6. The molecule has 0 bridgehead atoms. The summed E-state index contributed by atoms with van der Waals surface area (Å²) < 4.78 is 0. The Morgan fingerprint density at radius 2 is 1.41 bits per heavy atom. The maximum Gasteiger partial charge on any atom is 0.327 e. The van der Waals surface area contributed by atoms with Gasteiger partial charge in [-0.15, -0.1) is 0 Å². The van der Waals surface area contributed by atoms with Crippen molar-refractivity contribution in [2.45, 2.75) is 12.5 Å². The monoisotopic (exact) mass is 295 g/mol. The van der Waals surface area contributed by atoms with Crippen LogP contribution in [-0.4, -0.2) is 33.8 Å². The topological polar surface area (TPSA) is 74.7 Å². The molecule has 0 saturated carbocycles. The second-order valence-corrected chi connectivity index (χ2v) is 5.07. The fourth-order valence-electron chi connectivity index (χ4n) is 2.62. The number of carbonyl (C=O) groups excluding carboxylic acids is 2. The Kier molecular flexibility index (Phi) is 3.47. The molecule has 110 valence electrons. The van der Waals surface area contributed by atoms with Gasteiger partial charge in [-0.3, -0.25) is 14.5 Å². The van der Waals surface area contributed by atoms with Gasteiger partial charge >= 0.3 is 5.97 Å². The van der Waals surface area contributed by atoms with E-state index in [0.717, 1.165) is 10.5 Å². The highest BCUT2D eigenvalue weighted by atomic mass is 16.4. The Morgan fingerprint density at radius 1 is 0.909 bits per heavy atom. The van der Waals surface area contributed by atoms with Gasteiger partial charge < -0.3 is 5.11 Å². The molecule has 0 unspecified atom stereocenters. The molecule has 1 aliphatic heterocycles. The third-order valence-electron chi connectivity index (χ3n) is 3.69. The number of carbonyl (C=O) groups is 3. The minimum Gasteiger partial charge on any atom is -0.480 e. The van der Waals surface area contributed by atoms with Gasteiger partial charge in [-0.05, 0) is 17.7 Å². The van der Waals surface area contributed by atoms with Crippen LogP contribution in [0.3, 0.4) is 0 Å². The van der Waals surface area contributed by atoms with Crippen LogP contribution in [0.25, 0.3) is 0 Å². The standard InChI is InChI=1S/C17H13NO4/c19-15-12-8-4-5-9-13(12)16(20)18(15)14(17(21)22)10-11-6-2-1-3-7-11/h1-9,14H,10H2,(H,21,22)/t14-/m1/s1. The van der Waals surface area contributed by atoms with E-state index in [-0.39, 0.29) is 17.5 Å². The molecule has 2 amide bonds. The van der Waals surface area contributed by atoms with Crippen LogP contribution in [0.2, 0.25) is 0 Å². The predicted molar refractivity (Wildman–Crippen MR) is 78.5 cm³/mol. The molecule has 2 aromatic rings. The molecule has 3 rings (SSSR count). The highest BCUT2D eigenvalue weighted by Gasteiger charge is 2.42. The number of hydrogen-bond acceptors (Lipinski definition) is 3. The van der Waals surface area contributed by atoms with Crippen molar-refractivity contribution in [1.82, 2.24) is 4.90 Å². The lowest BCUT2D eigenvalue weighted by Gasteiger charge is -2.22. The highest BCUT2D eigenvalue weighted by molar-refractivity contribution is 6.22. The van der Waals surface area contributed by atoms with E-state index in [4.69, 9.17) is 0 Å². The second-order valence-electron chi connectivity index (χ2n) is 5.07. The van der Waals surface area contributed by atoms with Crippen LogP contribution in [0, 0.1) is 0 Å².